The maximum Gasteiger partial charge on any atom is 0.244 e. The average Bonchev–Trinajstić information content (AvgIpc) is 2.76. The topological polar surface area (TPSA) is 66.0 Å². The van der Waals surface area contributed by atoms with E-state index in [1.807, 2.05) is 36.1 Å². The number of ether oxygens (including phenoxy) is 1. The lowest BCUT2D eigenvalue weighted by Gasteiger charge is -2.38. The van der Waals surface area contributed by atoms with Crippen LogP contribution in [0.2, 0.25) is 0 Å². The molecular weight excluding hydrogens is 515 g/mol. The second-order valence-corrected chi connectivity index (χ2v) is 8.83. The number of aliphatic imine (C=N–C) groups is 1. The molecule has 0 bridgehead atoms. The van der Waals surface area contributed by atoms with Crippen molar-refractivity contribution in [2.45, 2.75) is 51.8 Å². The molecule has 2 aromatic rings. The molecule has 7 heteroatoms. The molecule has 6 nitrogen and oxygen atoms in total. The lowest BCUT2D eigenvalue weighted by atomic mass is 9.90. The van der Waals surface area contributed by atoms with Crippen molar-refractivity contribution in [1.82, 2.24) is 15.5 Å². The summed E-state index contributed by atoms with van der Waals surface area (Å²) in [6.07, 6.45) is 1.71. The fraction of sp³-hybridized carbons (Fsp3) is 0.440. The number of guanidine groups is 1. The summed E-state index contributed by atoms with van der Waals surface area (Å²) >= 11 is 0. The highest BCUT2D eigenvalue weighted by Gasteiger charge is 2.34. The Labute approximate surface area is 207 Å². The van der Waals surface area contributed by atoms with Crippen molar-refractivity contribution >= 4 is 35.8 Å². The van der Waals surface area contributed by atoms with Gasteiger partial charge in [0.05, 0.1) is 6.04 Å². The molecule has 0 radical (unpaired) electrons. The number of amides is 1. The first-order valence-electron chi connectivity index (χ1n) is 11.1. The van der Waals surface area contributed by atoms with Crippen molar-refractivity contribution in [3.8, 4) is 5.75 Å². The van der Waals surface area contributed by atoms with Crippen molar-refractivity contribution in [3.05, 3.63) is 65.2 Å². The Kier molecular flexibility index (Phi) is 8.03. The predicted molar refractivity (Wildman–Crippen MR) is 139 cm³/mol. The minimum absolute atomic E-state index is 0. The Balaban J connectivity index is 0.00000289. The first-order chi connectivity index (χ1) is 14.9. The van der Waals surface area contributed by atoms with Gasteiger partial charge in [-0.1, -0.05) is 42.5 Å². The summed E-state index contributed by atoms with van der Waals surface area (Å²) in [4.78, 5) is 19.4. The third kappa shape index (κ3) is 5.74. The first-order valence-corrected chi connectivity index (χ1v) is 11.1. The van der Waals surface area contributed by atoms with Crippen LogP contribution in [0.3, 0.4) is 0 Å². The van der Waals surface area contributed by atoms with Crippen molar-refractivity contribution in [2.24, 2.45) is 4.99 Å². The van der Waals surface area contributed by atoms with Crippen LogP contribution in [0.1, 0.15) is 49.9 Å². The van der Waals surface area contributed by atoms with Gasteiger partial charge in [-0.25, -0.2) is 4.99 Å². The van der Waals surface area contributed by atoms with Crippen LogP contribution < -0.4 is 15.4 Å². The number of benzene rings is 2. The van der Waals surface area contributed by atoms with E-state index in [2.05, 4.69) is 53.7 Å². The fourth-order valence-electron chi connectivity index (χ4n) is 4.37. The van der Waals surface area contributed by atoms with Gasteiger partial charge >= 0.3 is 0 Å². The van der Waals surface area contributed by atoms with Gasteiger partial charge in [0, 0.05) is 31.6 Å². The van der Waals surface area contributed by atoms with Gasteiger partial charge in [0.15, 0.2) is 5.96 Å². The molecule has 1 atom stereocenters. The van der Waals surface area contributed by atoms with Gasteiger partial charge in [0.2, 0.25) is 5.91 Å². The minimum Gasteiger partial charge on any atom is -0.487 e. The summed E-state index contributed by atoms with van der Waals surface area (Å²) in [5.74, 6) is 1.61. The lowest BCUT2D eigenvalue weighted by Crippen LogP contribution is -2.46. The molecule has 2 aromatic carbocycles. The average molecular weight is 548 g/mol. The van der Waals surface area contributed by atoms with E-state index in [1.165, 1.54) is 11.1 Å². The van der Waals surface area contributed by atoms with Crippen LogP contribution in [0, 0.1) is 0 Å². The molecule has 1 unspecified atom stereocenters. The van der Waals surface area contributed by atoms with Gasteiger partial charge in [-0.05, 0) is 44.4 Å². The normalized spacial score (nSPS) is 19.0. The monoisotopic (exact) mass is 548 g/mol. The van der Waals surface area contributed by atoms with Crippen LogP contribution in [-0.2, 0) is 17.8 Å². The number of rotatable bonds is 4. The van der Waals surface area contributed by atoms with Gasteiger partial charge in [-0.2, -0.15) is 0 Å². The Morgan fingerprint density at radius 2 is 1.88 bits per heavy atom. The third-order valence-electron chi connectivity index (χ3n) is 5.89. The highest BCUT2D eigenvalue weighted by atomic mass is 127. The molecule has 0 saturated carbocycles. The van der Waals surface area contributed by atoms with Crippen LogP contribution in [0.25, 0.3) is 0 Å². The van der Waals surface area contributed by atoms with Crippen molar-refractivity contribution in [3.63, 3.8) is 0 Å². The molecule has 0 saturated heterocycles. The Morgan fingerprint density at radius 1 is 1.16 bits per heavy atom. The molecule has 32 heavy (non-hydrogen) atoms. The van der Waals surface area contributed by atoms with E-state index in [-0.39, 0.29) is 48.1 Å². The zero-order valence-electron chi connectivity index (χ0n) is 19.1. The zero-order valence-corrected chi connectivity index (χ0v) is 21.4. The Hall–Kier alpha value is -2.29. The van der Waals surface area contributed by atoms with Crippen molar-refractivity contribution in [2.75, 3.05) is 19.6 Å². The van der Waals surface area contributed by atoms with Crippen LogP contribution in [0.5, 0.6) is 5.75 Å². The van der Waals surface area contributed by atoms with Gasteiger partial charge in [0.25, 0.3) is 0 Å². The van der Waals surface area contributed by atoms with Gasteiger partial charge in [-0.15, -0.1) is 24.0 Å². The molecule has 1 amide bonds. The molecule has 2 aliphatic rings. The minimum atomic E-state index is -0.277. The molecule has 4 rings (SSSR count). The van der Waals surface area contributed by atoms with Crippen LogP contribution in [0.15, 0.2) is 53.5 Å². The zero-order chi connectivity index (χ0) is 21.8. The fourth-order valence-corrected chi connectivity index (χ4v) is 4.37. The van der Waals surface area contributed by atoms with E-state index in [0.717, 1.165) is 37.2 Å². The van der Waals surface area contributed by atoms with E-state index >= 15 is 0 Å². The summed E-state index contributed by atoms with van der Waals surface area (Å²) in [5.41, 5.74) is 3.41. The number of nitrogens with one attached hydrogen (secondary N) is 2. The summed E-state index contributed by atoms with van der Waals surface area (Å²) in [7, 11) is 0. The Morgan fingerprint density at radius 3 is 2.66 bits per heavy atom. The smallest absolute Gasteiger partial charge is 0.244 e. The van der Waals surface area contributed by atoms with Crippen LogP contribution >= 0.6 is 24.0 Å². The highest BCUT2D eigenvalue weighted by molar-refractivity contribution is 14.0. The maximum atomic E-state index is 12.9. The molecule has 0 fully saturated rings. The third-order valence-corrected chi connectivity index (χ3v) is 5.89. The van der Waals surface area contributed by atoms with E-state index in [0.29, 0.717) is 12.5 Å². The van der Waals surface area contributed by atoms with Crippen molar-refractivity contribution in [1.29, 1.82) is 0 Å². The molecule has 0 aliphatic carbocycles. The molecule has 172 valence electrons. The number of hydrogen-bond acceptors (Lipinski definition) is 3. The number of fused-ring (bicyclic) bond motifs is 2. The highest BCUT2D eigenvalue weighted by Crippen LogP contribution is 2.39. The summed E-state index contributed by atoms with van der Waals surface area (Å²) in [6.45, 7) is 8.49. The predicted octanol–water partition coefficient (Wildman–Crippen LogP) is 4.05. The second-order valence-electron chi connectivity index (χ2n) is 8.83. The maximum absolute atomic E-state index is 12.9. The molecule has 0 spiro atoms. The second kappa shape index (κ2) is 10.6. The quantitative estimate of drug-likeness (QED) is 0.344. The van der Waals surface area contributed by atoms with Crippen LogP contribution in [-0.4, -0.2) is 42.0 Å². The van der Waals surface area contributed by atoms with Crippen molar-refractivity contribution < 1.29 is 9.53 Å². The summed E-state index contributed by atoms with van der Waals surface area (Å²) in [5, 5.41) is 6.82. The van der Waals surface area contributed by atoms with Gasteiger partial charge in [0.1, 0.15) is 17.9 Å². The largest absolute Gasteiger partial charge is 0.487 e. The van der Waals surface area contributed by atoms with Gasteiger partial charge < -0.3 is 20.3 Å². The molecular formula is C25H33IN4O2. The van der Waals surface area contributed by atoms with E-state index in [1.54, 1.807) is 0 Å². The number of carbonyl (C=O) groups is 1. The molecule has 2 heterocycles. The molecule has 0 aromatic heterocycles. The molecule has 2 N–H and O–H groups in total. The Bertz CT molecular complexity index is 976. The number of nitrogens with zero attached hydrogens (tertiary/aromatic N) is 2. The molecule has 2 aliphatic heterocycles. The summed E-state index contributed by atoms with van der Waals surface area (Å²) < 4.78 is 6.14. The summed E-state index contributed by atoms with van der Waals surface area (Å²) in [6, 6.07) is 16.5. The SMILES string of the molecule is CCNC(=NCC(=O)N1CCc2ccccc2C1)NC1CC(C)(C)Oc2ccccc21.I. The number of halogens is 1. The van der Waals surface area contributed by atoms with E-state index in [4.69, 9.17) is 4.74 Å². The number of para-hydroxylation sites is 1. The van der Waals surface area contributed by atoms with Gasteiger partial charge in [-0.3, -0.25) is 4.79 Å². The van der Waals surface area contributed by atoms with E-state index < -0.39 is 0 Å². The number of carbonyl (C=O) groups excluding carboxylic acids is 1. The van der Waals surface area contributed by atoms with Crippen LogP contribution in [0.4, 0.5) is 0 Å². The lowest BCUT2D eigenvalue weighted by molar-refractivity contribution is -0.130. The number of hydrogen-bond donors (Lipinski definition) is 2. The van der Waals surface area contributed by atoms with E-state index in [9.17, 15) is 4.79 Å². The standard InChI is InChI=1S/C25H32N4O2.HI/c1-4-26-24(28-21-15-25(2,3)31-22-12-8-7-11-20(21)22)27-16-23(30)29-14-13-18-9-5-6-10-19(18)17-29;/h5-12,21H,4,13-17H2,1-3H3,(H2,26,27,28);1H. The first kappa shape index (κ1) is 24.4.